The summed E-state index contributed by atoms with van der Waals surface area (Å²) in [6.45, 7) is 0.584. The summed E-state index contributed by atoms with van der Waals surface area (Å²) < 4.78 is 4.84. The van der Waals surface area contributed by atoms with E-state index in [2.05, 4.69) is 5.32 Å². The number of rotatable bonds is 7. The second kappa shape index (κ2) is 6.70. The summed E-state index contributed by atoms with van der Waals surface area (Å²) in [7, 11) is 1.54. The largest absolute Gasteiger partial charge is 0.481 e. The molecule has 1 unspecified atom stereocenters. The van der Waals surface area contributed by atoms with Crippen LogP contribution >= 0.6 is 0 Å². The van der Waals surface area contributed by atoms with Crippen LogP contribution in [0.1, 0.15) is 32.1 Å². The molecule has 1 aliphatic carbocycles. The SMILES string of the molecule is COCCC(N)C(=O)NCC1(C(=O)O)CCCC1. The van der Waals surface area contributed by atoms with Gasteiger partial charge in [-0.25, -0.2) is 0 Å². The van der Waals surface area contributed by atoms with Crippen LogP contribution in [0.3, 0.4) is 0 Å². The van der Waals surface area contributed by atoms with Crippen LogP contribution in [0.4, 0.5) is 0 Å². The first-order valence-electron chi connectivity index (χ1n) is 6.27. The maximum Gasteiger partial charge on any atom is 0.311 e. The highest BCUT2D eigenvalue weighted by atomic mass is 16.5. The summed E-state index contributed by atoms with van der Waals surface area (Å²) in [4.78, 5) is 23.0. The van der Waals surface area contributed by atoms with E-state index in [0.29, 0.717) is 25.9 Å². The third-order valence-electron chi connectivity index (χ3n) is 3.59. The van der Waals surface area contributed by atoms with Crippen LogP contribution in [0.5, 0.6) is 0 Å². The summed E-state index contributed by atoms with van der Waals surface area (Å²) in [5, 5.41) is 11.9. The number of carboxylic acid groups (broad SMARTS) is 1. The Kier molecular flexibility index (Phi) is 5.55. The van der Waals surface area contributed by atoms with Crippen molar-refractivity contribution in [1.82, 2.24) is 5.32 Å². The molecule has 1 saturated carbocycles. The second-order valence-corrected chi connectivity index (χ2v) is 4.90. The smallest absolute Gasteiger partial charge is 0.311 e. The van der Waals surface area contributed by atoms with E-state index in [4.69, 9.17) is 10.5 Å². The molecule has 6 nitrogen and oxygen atoms in total. The molecular formula is C12H22N2O4. The Morgan fingerprint density at radius 2 is 2.06 bits per heavy atom. The third kappa shape index (κ3) is 3.68. The molecule has 6 heteroatoms. The van der Waals surface area contributed by atoms with Crippen molar-refractivity contribution < 1.29 is 19.4 Å². The Morgan fingerprint density at radius 1 is 1.44 bits per heavy atom. The standard InChI is InChI=1S/C12H22N2O4/c1-18-7-4-9(13)10(15)14-8-12(11(16)17)5-2-3-6-12/h9H,2-8,13H2,1H3,(H,14,15)(H,16,17). The molecule has 0 radical (unpaired) electrons. The maximum absolute atomic E-state index is 11.7. The number of ether oxygens (including phenoxy) is 1. The van der Waals surface area contributed by atoms with Crippen molar-refractivity contribution in [3.05, 3.63) is 0 Å². The summed E-state index contributed by atoms with van der Waals surface area (Å²) in [5.74, 6) is -1.13. The minimum Gasteiger partial charge on any atom is -0.481 e. The molecule has 18 heavy (non-hydrogen) atoms. The molecule has 0 bridgehead atoms. The van der Waals surface area contributed by atoms with E-state index in [1.54, 1.807) is 7.11 Å². The van der Waals surface area contributed by atoms with Gasteiger partial charge in [0.05, 0.1) is 11.5 Å². The van der Waals surface area contributed by atoms with E-state index < -0.39 is 17.4 Å². The number of hydrogen-bond acceptors (Lipinski definition) is 4. The van der Waals surface area contributed by atoms with E-state index in [-0.39, 0.29) is 12.5 Å². The predicted octanol–water partition coefficient (Wildman–Crippen LogP) is 0.111. The second-order valence-electron chi connectivity index (χ2n) is 4.90. The molecule has 0 aromatic heterocycles. The highest BCUT2D eigenvalue weighted by Gasteiger charge is 2.41. The first-order valence-corrected chi connectivity index (χ1v) is 6.27. The van der Waals surface area contributed by atoms with Crippen molar-refractivity contribution in [3.63, 3.8) is 0 Å². The fourth-order valence-corrected chi connectivity index (χ4v) is 2.28. The van der Waals surface area contributed by atoms with Crippen LogP contribution in [0.15, 0.2) is 0 Å². The quantitative estimate of drug-likeness (QED) is 0.601. The van der Waals surface area contributed by atoms with Crippen LogP contribution in [0.25, 0.3) is 0 Å². The number of carbonyl (C=O) groups is 2. The van der Waals surface area contributed by atoms with Crippen LogP contribution in [0.2, 0.25) is 0 Å². The highest BCUT2D eigenvalue weighted by Crippen LogP contribution is 2.37. The lowest BCUT2D eigenvalue weighted by Gasteiger charge is -2.24. The summed E-state index contributed by atoms with van der Waals surface area (Å²) in [5.41, 5.74) is 4.87. The number of carbonyl (C=O) groups excluding carboxylic acids is 1. The molecule has 0 aromatic carbocycles. The number of aliphatic carboxylic acids is 1. The Hall–Kier alpha value is -1.14. The molecule has 0 aromatic rings. The van der Waals surface area contributed by atoms with E-state index >= 15 is 0 Å². The summed E-state index contributed by atoms with van der Waals surface area (Å²) >= 11 is 0. The normalized spacial score (nSPS) is 19.4. The molecule has 0 saturated heterocycles. The van der Waals surface area contributed by atoms with Gasteiger partial charge in [-0.1, -0.05) is 12.8 Å². The van der Waals surface area contributed by atoms with Gasteiger partial charge in [-0.3, -0.25) is 9.59 Å². The molecule has 4 N–H and O–H groups in total. The molecular weight excluding hydrogens is 236 g/mol. The van der Waals surface area contributed by atoms with Gasteiger partial charge in [0.1, 0.15) is 0 Å². The monoisotopic (exact) mass is 258 g/mol. The highest BCUT2D eigenvalue weighted by molar-refractivity contribution is 5.83. The zero-order valence-electron chi connectivity index (χ0n) is 10.8. The van der Waals surface area contributed by atoms with Gasteiger partial charge in [0.25, 0.3) is 0 Å². The molecule has 1 aliphatic rings. The summed E-state index contributed by atoms with van der Waals surface area (Å²) in [6, 6.07) is -0.641. The van der Waals surface area contributed by atoms with Gasteiger partial charge in [-0.2, -0.15) is 0 Å². The predicted molar refractivity (Wildman–Crippen MR) is 66.0 cm³/mol. The average molecular weight is 258 g/mol. The van der Waals surface area contributed by atoms with Gasteiger partial charge >= 0.3 is 5.97 Å². The number of amides is 1. The maximum atomic E-state index is 11.7. The molecule has 0 heterocycles. The Balaban J connectivity index is 2.43. The lowest BCUT2D eigenvalue weighted by atomic mass is 9.86. The van der Waals surface area contributed by atoms with Crippen molar-refractivity contribution in [2.45, 2.75) is 38.1 Å². The fourth-order valence-electron chi connectivity index (χ4n) is 2.28. The molecule has 0 aliphatic heterocycles. The van der Waals surface area contributed by atoms with Gasteiger partial charge in [0.15, 0.2) is 0 Å². The van der Waals surface area contributed by atoms with Crippen LogP contribution in [0, 0.1) is 5.41 Å². The number of nitrogens with one attached hydrogen (secondary N) is 1. The molecule has 0 spiro atoms. The van der Waals surface area contributed by atoms with Gasteiger partial charge in [-0.15, -0.1) is 0 Å². The fraction of sp³-hybridized carbons (Fsp3) is 0.833. The lowest BCUT2D eigenvalue weighted by Crippen LogP contribution is -2.47. The minimum atomic E-state index is -0.828. The van der Waals surface area contributed by atoms with Gasteiger partial charge in [0, 0.05) is 20.3 Å². The minimum absolute atomic E-state index is 0.169. The number of nitrogens with two attached hydrogens (primary N) is 1. The zero-order valence-corrected chi connectivity index (χ0v) is 10.8. The number of methoxy groups -OCH3 is 1. The Labute approximate surface area is 107 Å². The molecule has 1 rings (SSSR count). The van der Waals surface area contributed by atoms with Crippen molar-refractivity contribution in [1.29, 1.82) is 0 Å². The van der Waals surface area contributed by atoms with E-state index in [1.165, 1.54) is 0 Å². The molecule has 104 valence electrons. The Bertz CT molecular complexity index is 300. The van der Waals surface area contributed by atoms with Gasteiger partial charge in [0.2, 0.25) is 5.91 Å². The Morgan fingerprint density at radius 3 is 2.56 bits per heavy atom. The number of hydrogen-bond donors (Lipinski definition) is 3. The molecule has 1 fully saturated rings. The lowest BCUT2D eigenvalue weighted by molar-refractivity contribution is -0.148. The summed E-state index contributed by atoms with van der Waals surface area (Å²) in [6.07, 6.45) is 3.48. The van der Waals surface area contributed by atoms with E-state index in [1.807, 2.05) is 0 Å². The first-order chi connectivity index (χ1) is 8.52. The van der Waals surface area contributed by atoms with Gasteiger partial charge < -0.3 is 20.9 Å². The molecule has 1 atom stereocenters. The molecule has 1 amide bonds. The first kappa shape index (κ1) is 14.9. The van der Waals surface area contributed by atoms with Crippen LogP contribution in [-0.2, 0) is 14.3 Å². The zero-order chi connectivity index (χ0) is 13.6. The van der Waals surface area contributed by atoms with Crippen molar-refractivity contribution >= 4 is 11.9 Å². The van der Waals surface area contributed by atoms with Crippen molar-refractivity contribution in [2.75, 3.05) is 20.3 Å². The number of carboxylic acids is 1. The van der Waals surface area contributed by atoms with Gasteiger partial charge in [-0.05, 0) is 19.3 Å². The topological polar surface area (TPSA) is 102 Å². The average Bonchev–Trinajstić information content (AvgIpc) is 2.83. The van der Waals surface area contributed by atoms with E-state index in [0.717, 1.165) is 12.8 Å². The van der Waals surface area contributed by atoms with Crippen LogP contribution < -0.4 is 11.1 Å². The van der Waals surface area contributed by atoms with Crippen molar-refractivity contribution in [2.24, 2.45) is 11.1 Å². The van der Waals surface area contributed by atoms with E-state index in [9.17, 15) is 14.7 Å². The van der Waals surface area contributed by atoms with Crippen LogP contribution in [-0.4, -0.2) is 43.3 Å². The third-order valence-corrected chi connectivity index (χ3v) is 3.59. The van der Waals surface area contributed by atoms with Crippen molar-refractivity contribution in [3.8, 4) is 0 Å².